The van der Waals surface area contributed by atoms with Gasteiger partial charge < -0.3 is 20.9 Å². The van der Waals surface area contributed by atoms with Gasteiger partial charge in [0.05, 0.1) is 6.04 Å². The maximum atomic E-state index is 12.1. The van der Waals surface area contributed by atoms with Crippen molar-refractivity contribution in [1.82, 2.24) is 15.2 Å². The first-order valence-corrected chi connectivity index (χ1v) is 7.23. The number of benzene rings is 1. The molecule has 2 atom stereocenters. The van der Waals surface area contributed by atoms with E-state index in [4.69, 9.17) is 5.73 Å². The molecule has 1 amide bonds. The van der Waals surface area contributed by atoms with Gasteiger partial charge in [-0.3, -0.25) is 4.79 Å². The van der Waals surface area contributed by atoms with E-state index >= 15 is 0 Å². The number of likely N-dealkylation sites (N-methyl/N-ethyl adjacent to an activating group) is 1. The second-order valence-electron chi connectivity index (χ2n) is 5.73. The fraction of sp³-hybridized carbons (Fsp3) is 0.438. The molecule has 0 saturated heterocycles. The molecule has 1 aromatic heterocycles. The molecule has 5 heteroatoms. The first kappa shape index (κ1) is 15.5. The number of carbonyl (C=O) groups is 1. The maximum absolute atomic E-state index is 12.1. The van der Waals surface area contributed by atoms with Crippen LogP contribution in [0.1, 0.15) is 12.5 Å². The zero-order valence-corrected chi connectivity index (χ0v) is 12.9. The van der Waals surface area contributed by atoms with Crippen LogP contribution >= 0.6 is 0 Å². The van der Waals surface area contributed by atoms with E-state index in [1.807, 2.05) is 44.6 Å². The zero-order chi connectivity index (χ0) is 15.4. The summed E-state index contributed by atoms with van der Waals surface area (Å²) in [7, 11) is 3.98. The zero-order valence-electron chi connectivity index (χ0n) is 12.9. The van der Waals surface area contributed by atoms with Crippen molar-refractivity contribution in [3.63, 3.8) is 0 Å². The molecule has 1 aromatic carbocycles. The van der Waals surface area contributed by atoms with Gasteiger partial charge >= 0.3 is 0 Å². The van der Waals surface area contributed by atoms with Crippen molar-refractivity contribution in [1.29, 1.82) is 0 Å². The topological polar surface area (TPSA) is 74.1 Å². The summed E-state index contributed by atoms with van der Waals surface area (Å²) in [4.78, 5) is 17.3. The average molecular weight is 288 g/mol. The monoisotopic (exact) mass is 288 g/mol. The third kappa shape index (κ3) is 3.83. The normalized spacial score (nSPS) is 14.3. The van der Waals surface area contributed by atoms with Crippen LogP contribution in [0.15, 0.2) is 30.5 Å². The van der Waals surface area contributed by atoms with Crippen LogP contribution in [-0.2, 0) is 11.2 Å². The average Bonchev–Trinajstić information content (AvgIpc) is 2.87. The molecule has 0 fully saturated rings. The van der Waals surface area contributed by atoms with Gasteiger partial charge in [-0.05, 0) is 39.1 Å². The van der Waals surface area contributed by atoms with Gasteiger partial charge in [0.2, 0.25) is 5.91 Å². The van der Waals surface area contributed by atoms with Gasteiger partial charge in [-0.15, -0.1) is 0 Å². The fourth-order valence-electron chi connectivity index (χ4n) is 2.19. The molecule has 5 nitrogen and oxygen atoms in total. The summed E-state index contributed by atoms with van der Waals surface area (Å²) in [6.45, 7) is 2.67. The highest BCUT2D eigenvalue weighted by molar-refractivity contribution is 5.86. The van der Waals surface area contributed by atoms with E-state index in [1.54, 1.807) is 0 Å². The van der Waals surface area contributed by atoms with Crippen LogP contribution in [0.4, 0.5) is 0 Å². The van der Waals surface area contributed by atoms with Crippen LogP contribution in [-0.4, -0.2) is 48.5 Å². The number of hydrogen-bond donors (Lipinski definition) is 3. The molecule has 114 valence electrons. The molecule has 21 heavy (non-hydrogen) atoms. The Hall–Kier alpha value is -1.85. The van der Waals surface area contributed by atoms with E-state index in [0.29, 0.717) is 13.0 Å². The quantitative estimate of drug-likeness (QED) is 0.745. The van der Waals surface area contributed by atoms with Gasteiger partial charge in [0.25, 0.3) is 0 Å². The van der Waals surface area contributed by atoms with Gasteiger partial charge in [0.1, 0.15) is 0 Å². The summed E-state index contributed by atoms with van der Waals surface area (Å²) in [5, 5.41) is 4.04. The van der Waals surface area contributed by atoms with E-state index in [9.17, 15) is 4.79 Å². The number of nitrogens with one attached hydrogen (secondary N) is 2. The van der Waals surface area contributed by atoms with Crippen LogP contribution in [0.2, 0.25) is 0 Å². The number of nitrogens with zero attached hydrogens (tertiary/aromatic N) is 1. The van der Waals surface area contributed by atoms with Crippen LogP contribution in [0, 0.1) is 0 Å². The Bertz CT molecular complexity index is 605. The standard InChI is InChI=1S/C16H24N4O/c1-11(20(2)3)9-19-16(21)14(17)8-12-10-18-15-7-5-4-6-13(12)15/h4-7,10-11,14,18H,8-9,17H2,1-3H3,(H,19,21)/t11?,14-/m1/s1. The minimum atomic E-state index is -0.529. The van der Waals surface area contributed by atoms with Gasteiger partial charge in [0, 0.05) is 29.7 Å². The highest BCUT2D eigenvalue weighted by Gasteiger charge is 2.17. The van der Waals surface area contributed by atoms with E-state index in [-0.39, 0.29) is 11.9 Å². The Kier molecular flexibility index (Phi) is 4.98. The Morgan fingerprint density at radius 1 is 1.38 bits per heavy atom. The number of hydrogen-bond acceptors (Lipinski definition) is 3. The van der Waals surface area contributed by atoms with Crippen molar-refractivity contribution in [2.45, 2.75) is 25.4 Å². The number of H-pyrrole nitrogens is 1. The molecule has 1 unspecified atom stereocenters. The lowest BCUT2D eigenvalue weighted by Gasteiger charge is -2.21. The third-order valence-electron chi connectivity index (χ3n) is 3.90. The number of para-hydroxylation sites is 1. The van der Waals surface area contributed by atoms with Crippen molar-refractivity contribution in [2.24, 2.45) is 5.73 Å². The van der Waals surface area contributed by atoms with Crippen molar-refractivity contribution in [2.75, 3.05) is 20.6 Å². The van der Waals surface area contributed by atoms with Gasteiger partial charge in [-0.2, -0.15) is 0 Å². The molecule has 4 N–H and O–H groups in total. The predicted octanol–water partition coefficient (Wildman–Crippen LogP) is 1.10. The van der Waals surface area contributed by atoms with E-state index in [0.717, 1.165) is 16.5 Å². The summed E-state index contributed by atoms with van der Waals surface area (Å²) in [5.74, 6) is -0.103. The molecular formula is C16H24N4O. The second-order valence-corrected chi connectivity index (χ2v) is 5.73. The lowest BCUT2D eigenvalue weighted by atomic mass is 10.1. The van der Waals surface area contributed by atoms with Crippen molar-refractivity contribution in [3.05, 3.63) is 36.0 Å². The Morgan fingerprint density at radius 3 is 2.81 bits per heavy atom. The summed E-state index contributed by atoms with van der Waals surface area (Å²) in [5.41, 5.74) is 8.17. The molecule has 0 saturated carbocycles. The lowest BCUT2D eigenvalue weighted by Crippen LogP contribution is -2.46. The van der Waals surface area contributed by atoms with E-state index in [1.165, 1.54) is 0 Å². The minimum Gasteiger partial charge on any atom is -0.361 e. The Morgan fingerprint density at radius 2 is 2.10 bits per heavy atom. The number of rotatable bonds is 6. The Labute approximate surface area is 125 Å². The highest BCUT2D eigenvalue weighted by atomic mass is 16.2. The number of nitrogens with two attached hydrogens (primary N) is 1. The molecule has 0 bridgehead atoms. The summed E-state index contributed by atoms with van der Waals surface area (Å²) in [6, 6.07) is 7.79. The van der Waals surface area contributed by atoms with Gasteiger partial charge in [-0.25, -0.2) is 0 Å². The number of aromatic nitrogens is 1. The Balaban J connectivity index is 1.94. The SMILES string of the molecule is CC(CNC(=O)[C@H](N)Cc1c[nH]c2ccccc12)N(C)C. The molecule has 0 radical (unpaired) electrons. The molecule has 0 aliphatic carbocycles. The van der Waals surface area contributed by atoms with Crippen molar-refractivity contribution in [3.8, 4) is 0 Å². The molecular weight excluding hydrogens is 264 g/mol. The van der Waals surface area contributed by atoms with Crippen LogP contribution < -0.4 is 11.1 Å². The van der Waals surface area contributed by atoms with Crippen LogP contribution in [0.3, 0.4) is 0 Å². The minimum absolute atomic E-state index is 0.103. The smallest absolute Gasteiger partial charge is 0.237 e. The molecule has 1 heterocycles. The summed E-state index contributed by atoms with van der Waals surface area (Å²) < 4.78 is 0. The number of fused-ring (bicyclic) bond motifs is 1. The molecule has 0 spiro atoms. The third-order valence-corrected chi connectivity index (χ3v) is 3.90. The molecule has 0 aliphatic heterocycles. The fourth-order valence-corrected chi connectivity index (χ4v) is 2.19. The molecule has 0 aliphatic rings. The summed E-state index contributed by atoms with van der Waals surface area (Å²) >= 11 is 0. The van der Waals surface area contributed by atoms with Crippen LogP contribution in [0.25, 0.3) is 10.9 Å². The number of amides is 1. The first-order valence-electron chi connectivity index (χ1n) is 7.23. The number of carbonyl (C=O) groups excluding carboxylic acids is 1. The van der Waals surface area contributed by atoms with Crippen molar-refractivity contribution >= 4 is 16.8 Å². The van der Waals surface area contributed by atoms with E-state index < -0.39 is 6.04 Å². The first-order chi connectivity index (χ1) is 9.99. The highest BCUT2D eigenvalue weighted by Crippen LogP contribution is 2.18. The van der Waals surface area contributed by atoms with Gasteiger partial charge in [-0.1, -0.05) is 18.2 Å². The lowest BCUT2D eigenvalue weighted by molar-refractivity contribution is -0.122. The van der Waals surface area contributed by atoms with Crippen LogP contribution in [0.5, 0.6) is 0 Å². The van der Waals surface area contributed by atoms with Crippen molar-refractivity contribution < 1.29 is 4.79 Å². The molecule has 2 aromatic rings. The predicted molar refractivity (Wildman–Crippen MR) is 86.1 cm³/mol. The maximum Gasteiger partial charge on any atom is 0.237 e. The second kappa shape index (κ2) is 6.74. The van der Waals surface area contributed by atoms with Gasteiger partial charge in [0.15, 0.2) is 0 Å². The number of aromatic amines is 1. The van der Waals surface area contributed by atoms with E-state index in [2.05, 4.69) is 22.1 Å². The molecule has 2 rings (SSSR count). The summed E-state index contributed by atoms with van der Waals surface area (Å²) in [6.07, 6.45) is 2.46. The largest absolute Gasteiger partial charge is 0.361 e.